The molecule has 1 heterocycles. The van der Waals surface area contributed by atoms with Gasteiger partial charge in [0.05, 0.1) is 7.11 Å². The van der Waals surface area contributed by atoms with Crippen LogP contribution in [-0.2, 0) is 4.74 Å². The molecule has 2 N–H and O–H groups in total. The van der Waals surface area contributed by atoms with Crippen molar-refractivity contribution in [3.05, 3.63) is 28.8 Å². The molecule has 0 spiro atoms. The second-order valence-electron chi connectivity index (χ2n) is 4.36. The average Bonchev–Trinajstić information content (AvgIpc) is 2.39. The standard InChI is InChI=1S/C13H18ClNO2/c1-16-12-3-2-10(14)8-11(12)13(15)9-4-6-17-7-5-9/h2-3,8-9,13H,4-7,15H2,1H3/t13-/m0/s1. The van der Waals surface area contributed by atoms with Crippen LogP contribution >= 0.6 is 11.6 Å². The van der Waals surface area contributed by atoms with Gasteiger partial charge in [0.15, 0.2) is 0 Å². The van der Waals surface area contributed by atoms with Gasteiger partial charge in [0.2, 0.25) is 0 Å². The first kappa shape index (κ1) is 12.7. The summed E-state index contributed by atoms with van der Waals surface area (Å²) in [6, 6.07) is 5.56. The van der Waals surface area contributed by atoms with Crippen molar-refractivity contribution in [1.82, 2.24) is 0 Å². The summed E-state index contributed by atoms with van der Waals surface area (Å²) in [5.41, 5.74) is 7.31. The summed E-state index contributed by atoms with van der Waals surface area (Å²) >= 11 is 6.02. The normalized spacial score (nSPS) is 19.0. The Balaban J connectivity index is 2.21. The van der Waals surface area contributed by atoms with Crippen molar-refractivity contribution in [3.8, 4) is 5.75 Å². The zero-order chi connectivity index (χ0) is 12.3. The molecular formula is C13H18ClNO2. The van der Waals surface area contributed by atoms with Crippen molar-refractivity contribution in [2.45, 2.75) is 18.9 Å². The summed E-state index contributed by atoms with van der Waals surface area (Å²) in [7, 11) is 1.66. The molecule has 1 aromatic rings. The molecule has 4 heteroatoms. The van der Waals surface area contributed by atoms with Crippen molar-refractivity contribution in [1.29, 1.82) is 0 Å². The molecule has 1 atom stereocenters. The van der Waals surface area contributed by atoms with Crippen LogP contribution in [0.1, 0.15) is 24.4 Å². The summed E-state index contributed by atoms with van der Waals surface area (Å²) in [5.74, 6) is 1.25. The van der Waals surface area contributed by atoms with Gasteiger partial charge < -0.3 is 15.2 Å². The van der Waals surface area contributed by atoms with E-state index in [0.29, 0.717) is 10.9 Å². The zero-order valence-electron chi connectivity index (χ0n) is 9.99. The van der Waals surface area contributed by atoms with Gasteiger partial charge in [-0.25, -0.2) is 0 Å². The first-order valence-corrected chi connectivity index (χ1v) is 6.27. The SMILES string of the molecule is COc1ccc(Cl)cc1[C@@H](N)C1CCOCC1. The van der Waals surface area contributed by atoms with Crippen LogP contribution in [0.3, 0.4) is 0 Å². The minimum absolute atomic E-state index is 0.0347. The predicted octanol–water partition coefficient (Wildman–Crippen LogP) is 2.78. The highest BCUT2D eigenvalue weighted by Crippen LogP contribution is 2.34. The van der Waals surface area contributed by atoms with Gasteiger partial charge in [0.25, 0.3) is 0 Å². The lowest BCUT2D eigenvalue weighted by atomic mass is 9.87. The first-order chi connectivity index (χ1) is 8.22. The summed E-state index contributed by atoms with van der Waals surface area (Å²) in [4.78, 5) is 0. The summed E-state index contributed by atoms with van der Waals surface area (Å²) in [5, 5.41) is 0.698. The van der Waals surface area contributed by atoms with E-state index in [1.807, 2.05) is 18.2 Å². The Morgan fingerprint density at radius 1 is 1.41 bits per heavy atom. The lowest BCUT2D eigenvalue weighted by Crippen LogP contribution is -2.27. The fourth-order valence-corrected chi connectivity index (χ4v) is 2.48. The number of rotatable bonds is 3. The molecule has 3 nitrogen and oxygen atoms in total. The van der Waals surface area contributed by atoms with E-state index < -0.39 is 0 Å². The van der Waals surface area contributed by atoms with Gasteiger partial charge in [-0.2, -0.15) is 0 Å². The Morgan fingerprint density at radius 2 is 2.12 bits per heavy atom. The smallest absolute Gasteiger partial charge is 0.123 e. The average molecular weight is 256 g/mol. The second-order valence-corrected chi connectivity index (χ2v) is 4.80. The Kier molecular flexibility index (Phi) is 4.26. The van der Waals surface area contributed by atoms with Gasteiger partial charge in [0, 0.05) is 29.8 Å². The van der Waals surface area contributed by atoms with Gasteiger partial charge in [-0.1, -0.05) is 11.6 Å². The molecule has 0 aromatic heterocycles. The summed E-state index contributed by atoms with van der Waals surface area (Å²) in [6.07, 6.45) is 1.99. The number of halogens is 1. The van der Waals surface area contributed by atoms with E-state index in [1.54, 1.807) is 7.11 Å². The minimum Gasteiger partial charge on any atom is -0.496 e. The zero-order valence-corrected chi connectivity index (χ0v) is 10.7. The highest BCUT2D eigenvalue weighted by Gasteiger charge is 2.24. The van der Waals surface area contributed by atoms with Gasteiger partial charge in [-0.3, -0.25) is 0 Å². The fourth-order valence-electron chi connectivity index (χ4n) is 2.29. The Morgan fingerprint density at radius 3 is 2.76 bits per heavy atom. The highest BCUT2D eigenvalue weighted by atomic mass is 35.5. The molecule has 0 unspecified atom stereocenters. The van der Waals surface area contributed by atoms with Crippen molar-refractivity contribution in [2.24, 2.45) is 11.7 Å². The first-order valence-electron chi connectivity index (χ1n) is 5.89. The molecule has 1 aromatic carbocycles. The van der Waals surface area contributed by atoms with Crippen LogP contribution < -0.4 is 10.5 Å². The number of hydrogen-bond donors (Lipinski definition) is 1. The Labute approximate surface area is 107 Å². The third-order valence-corrected chi connectivity index (χ3v) is 3.56. The van der Waals surface area contributed by atoms with Crippen LogP contribution in [0.15, 0.2) is 18.2 Å². The number of hydrogen-bond acceptors (Lipinski definition) is 3. The quantitative estimate of drug-likeness (QED) is 0.903. The Bertz CT molecular complexity index is 378. The lowest BCUT2D eigenvalue weighted by Gasteiger charge is -2.28. The number of benzene rings is 1. The topological polar surface area (TPSA) is 44.5 Å². The van der Waals surface area contributed by atoms with E-state index >= 15 is 0 Å². The number of nitrogens with two attached hydrogens (primary N) is 1. The summed E-state index contributed by atoms with van der Waals surface area (Å²) in [6.45, 7) is 1.59. The maximum absolute atomic E-state index is 6.32. The van der Waals surface area contributed by atoms with E-state index in [0.717, 1.165) is 37.4 Å². The van der Waals surface area contributed by atoms with Gasteiger partial charge in [0.1, 0.15) is 5.75 Å². The van der Waals surface area contributed by atoms with Crippen LogP contribution in [0.2, 0.25) is 5.02 Å². The van der Waals surface area contributed by atoms with Crippen LogP contribution in [0.25, 0.3) is 0 Å². The molecule has 1 aliphatic rings. The molecule has 1 aliphatic heterocycles. The molecule has 0 bridgehead atoms. The van der Waals surface area contributed by atoms with E-state index in [4.69, 9.17) is 26.8 Å². The van der Waals surface area contributed by atoms with Crippen LogP contribution in [0.4, 0.5) is 0 Å². The largest absolute Gasteiger partial charge is 0.496 e. The van der Waals surface area contributed by atoms with Crippen LogP contribution in [0.5, 0.6) is 5.75 Å². The highest BCUT2D eigenvalue weighted by molar-refractivity contribution is 6.30. The van der Waals surface area contributed by atoms with Crippen molar-refractivity contribution >= 4 is 11.6 Å². The summed E-state index contributed by atoms with van der Waals surface area (Å²) < 4.78 is 10.7. The third-order valence-electron chi connectivity index (χ3n) is 3.32. The molecule has 0 saturated carbocycles. The number of ether oxygens (including phenoxy) is 2. The van der Waals surface area contributed by atoms with E-state index in [1.165, 1.54) is 0 Å². The second kappa shape index (κ2) is 5.71. The van der Waals surface area contributed by atoms with E-state index in [2.05, 4.69) is 0 Å². The molecule has 17 heavy (non-hydrogen) atoms. The van der Waals surface area contributed by atoms with E-state index in [9.17, 15) is 0 Å². The molecule has 2 rings (SSSR count). The fraction of sp³-hybridized carbons (Fsp3) is 0.538. The monoisotopic (exact) mass is 255 g/mol. The third kappa shape index (κ3) is 2.92. The van der Waals surface area contributed by atoms with Gasteiger partial charge >= 0.3 is 0 Å². The Hall–Kier alpha value is -0.770. The minimum atomic E-state index is -0.0347. The molecule has 94 valence electrons. The lowest BCUT2D eigenvalue weighted by molar-refractivity contribution is 0.0581. The van der Waals surface area contributed by atoms with Crippen molar-refractivity contribution in [2.75, 3.05) is 20.3 Å². The van der Waals surface area contributed by atoms with Gasteiger partial charge in [-0.05, 0) is 37.0 Å². The van der Waals surface area contributed by atoms with Crippen molar-refractivity contribution < 1.29 is 9.47 Å². The predicted molar refractivity (Wildman–Crippen MR) is 68.5 cm³/mol. The maximum Gasteiger partial charge on any atom is 0.123 e. The number of methoxy groups -OCH3 is 1. The molecule has 0 radical (unpaired) electrons. The molecule has 1 fully saturated rings. The van der Waals surface area contributed by atoms with E-state index in [-0.39, 0.29) is 6.04 Å². The molecule has 0 amide bonds. The molecular weight excluding hydrogens is 238 g/mol. The van der Waals surface area contributed by atoms with Crippen molar-refractivity contribution in [3.63, 3.8) is 0 Å². The van der Waals surface area contributed by atoms with Crippen LogP contribution in [0, 0.1) is 5.92 Å². The molecule has 0 aliphatic carbocycles. The van der Waals surface area contributed by atoms with Gasteiger partial charge in [-0.15, -0.1) is 0 Å². The van der Waals surface area contributed by atoms with Crippen LogP contribution in [-0.4, -0.2) is 20.3 Å². The maximum atomic E-state index is 6.32. The molecule has 1 saturated heterocycles.